The van der Waals surface area contributed by atoms with E-state index in [4.69, 9.17) is 9.47 Å². The lowest BCUT2D eigenvalue weighted by molar-refractivity contribution is -0.143. The van der Waals surface area contributed by atoms with Crippen LogP contribution >= 0.6 is 0 Å². The molecule has 0 saturated carbocycles. The monoisotopic (exact) mass is 320 g/mol. The standard InChI is InChI=1S/C12H17FN2O5S/c1-3-20-11(16)9-15(7-8-19-2)21(17,18)12-10(13)5-4-6-14-12/h4-6H,3,7-9H2,1-2H3. The number of ether oxygens (including phenoxy) is 2. The highest BCUT2D eigenvalue weighted by atomic mass is 32.2. The van der Waals surface area contributed by atoms with Gasteiger partial charge in [-0.15, -0.1) is 0 Å². The topological polar surface area (TPSA) is 85.8 Å². The van der Waals surface area contributed by atoms with Crippen LogP contribution in [0.2, 0.25) is 0 Å². The molecule has 0 bridgehead atoms. The predicted molar refractivity (Wildman–Crippen MR) is 71.5 cm³/mol. The molecule has 1 heterocycles. The summed E-state index contributed by atoms with van der Waals surface area (Å²) in [5.41, 5.74) is 0. The van der Waals surface area contributed by atoms with Crippen LogP contribution in [0.25, 0.3) is 0 Å². The second-order valence-corrected chi connectivity index (χ2v) is 5.78. The quantitative estimate of drug-likeness (QED) is 0.645. The number of pyridine rings is 1. The molecule has 0 atom stereocenters. The predicted octanol–water partition coefficient (Wildman–Crippen LogP) is 0.421. The van der Waals surface area contributed by atoms with Gasteiger partial charge < -0.3 is 9.47 Å². The van der Waals surface area contributed by atoms with Gasteiger partial charge in [0.05, 0.1) is 13.2 Å². The molecule has 1 aromatic rings. The zero-order valence-electron chi connectivity index (χ0n) is 11.8. The van der Waals surface area contributed by atoms with Crippen LogP contribution < -0.4 is 0 Å². The lowest BCUT2D eigenvalue weighted by atomic mass is 10.5. The molecule has 1 rings (SSSR count). The highest BCUT2D eigenvalue weighted by molar-refractivity contribution is 7.89. The first kappa shape index (κ1) is 17.5. The van der Waals surface area contributed by atoms with Gasteiger partial charge in [0.25, 0.3) is 10.0 Å². The summed E-state index contributed by atoms with van der Waals surface area (Å²) >= 11 is 0. The van der Waals surface area contributed by atoms with Crippen LogP contribution in [0.4, 0.5) is 4.39 Å². The van der Waals surface area contributed by atoms with Crippen LogP contribution in [0.1, 0.15) is 6.92 Å². The Morgan fingerprint density at radius 1 is 1.48 bits per heavy atom. The lowest BCUT2D eigenvalue weighted by Gasteiger charge is -2.20. The first-order chi connectivity index (χ1) is 9.93. The van der Waals surface area contributed by atoms with Gasteiger partial charge >= 0.3 is 5.97 Å². The first-order valence-electron chi connectivity index (χ1n) is 6.18. The summed E-state index contributed by atoms with van der Waals surface area (Å²) in [5.74, 6) is -1.71. The van der Waals surface area contributed by atoms with Crippen molar-refractivity contribution in [3.63, 3.8) is 0 Å². The molecular formula is C12H17FN2O5S. The van der Waals surface area contributed by atoms with Gasteiger partial charge in [-0.25, -0.2) is 17.8 Å². The van der Waals surface area contributed by atoms with E-state index in [0.29, 0.717) is 0 Å². The van der Waals surface area contributed by atoms with Crippen LogP contribution in [-0.4, -0.2) is 57.1 Å². The molecule has 0 fully saturated rings. The van der Waals surface area contributed by atoms with Gasteiger partial charge in [-0.2, -0.15) is 4.31 Å². The summed E-state index contributed by atoms with van der Waals surface area (Å²) in [6, 6.07) is 2.26. The van der Waals surface area contributed by atoms with E-state index in [2.05, 4.69) is 4.98 Å². The van der Waals surface area contributed by atoms with Gasteiger partial charge in [0.15, 0.2) is 5.82 Å². The number of hydrogen-bond acceptors (Lipinski definition) is 6. The molecule has 0 amide bonds. The fourth-order valence-corrected chi connectivity index (χ4v) is 2.85. The summed E-state index contributed by atoms with van der Waals surface area (Å²) in [5, 5.41) is -0.731. The van der Waals surface area contributed by atoms with E-state index in [0.717, 1.165) is 16.6 Å². The Balaban J connectivity index is 3.06. The maximum absolute atomic E-state index is 13.6. The molecule has 0 unspecified atom stereocenters. The molecule has 1 aromatic heterocycles. The molecule has 9 heteroatoms. The number of carbonyl (C=O) groups excluding carboxylic acids is 1. The molecule has 0 aromatic carbocycles. The number of esters is 1. The number of carbonyl (C=O) groups is 1. The SMILES string of the molecule is CCOC(=O)CN(CCOC)S(=O)(=O)c1ncccc1F. The van der Waals surface area contributed by atoms with Crippen molar-refractivity contribution >= 4 is 16.0 Å². The molecule has 0 N–H and O–H groups in total. The molecule has 0 saturated heterocycles. The average Bonchev–Trinajstić information content (AvgIpc) is 2.43. The molecule has 0 spiro atoms. The number of halogens is 1. The third-order valence-corrected chi connectivity index (χ3v) is 4.25. The number of methoxy groups -OCH3 is 1. The summed E-state index contributed by atoms with van der Waals surface area (Å²) in [4.78, 5) is 15.0. The minimum Gasteiger partial charge on any atom is -0.465 e. The van der Waals surface area contributed by atoms with Crippen molar-refractivity contribution in [2.75, 3.05) is 33.4 Å². The smallest absolute Gasteiger partial charge is 0.321 e. The van der Waals surface area contributed by atoms with Crippen LogP contribution in [-0.2, 0) is 24.3 Å². The largest absolute Gasteiger partial charge is 0.465 e. The first-order valence-corrected chi connectivity index (χ1v) is 7.62. The number of sulfonamides is 1. The van der Waals surface area contributed by atoms with Gasteiger partial charge in [0.1, 0.15) is 6.54 Å². The van der Waals surface area contributed by atoms with E-state index in [1.807, 2.05) is 0 Å². The lowest BCUT2D eigenvalue weighted by Crippen LogP contribution is -2.39. The van der Waals surface area contributed by atoms with Gasteiger partial charge in [-0.05, 0) is 19.1 Å². The Labute approximate surface area is 122 Å². The minimum atomic E-state index is -4.25. The number of aromatic nitrogens is 1. The van der Waals surface area contributed by atoms with E-state index in [9.17, 15) is 17.6 Å². The second-order valence-electron chi connectivity index (χ2n) is 3.93. The minimum absolute atomic E-state index is 0.0487. The van der Waals surface area contributed by atoms with E-state index >= 15 is 0 Å². The zero-order chi connectivity index (χ0) is 15.9. The third kappa shape index (κ3) is 4.73. The van der Waals surface area contributed by atoms with Crippen LogP contribution in [0.3, 0.4) is 0 Å². The number of hydrogen-bond donors (Lipinski definition) is 0. The van der Waals surface area contributed by atoms with Crippen LogP contribution in [0, 0.1) is 5.82 Å². The third-order valence-electron chi connectivity index (χ3n) is 2.46. The molecule has 118 valence electrons. The maximum atomic E-state index is 13.6. The van der Waals surface area contributed by atoms with E-state index in [1.165, 1.54) is 13.2 Å². The molecule has 0 aliphatic heterocycles. The second kappa shape index (κ2) is 8.01. The van der Waals surface area contributed by atoms with Crippen molar-refractivity contribution in [1.29, 1.82) is 0 Å². The van der Waals surface area contributed by atoms with Crippen molar-refractivity contribution in [1.82, 2.24) is 9.29 Å². The summed E-state index contributed by atoms with van der Waals surface area (Å²) < 4.78 is 48.6. The van der Waals surface area contributed by atoms with E-state index < -0.39 is 33.4 Å². The van der Waals surface area contributed by atoms with Gasteiger partial charge in [0.2, 0.25) is 5.03 Å². The van der Waals surface area contributed by atoms with Crippen molar-refractivity contribution in [2.45, 2.75) is 11.9 Å². The summed E-state index contributed by atoms with van der Waals surface area (Å²) in [7, 11) is -2.87. The van der Waals surface area contributed by atoms with Crippen LogP contribution in [0.15, 0.2) is 23.4 Å². The fourth-order valence-electron chi connectivity index (χ4n) is 1.51. The van der Waals surface area contributed by atoms with E-state index in [1.54, 1.807) is 6.92 Å². The highest BCUT2D eigenvalue weighted by Gasteiger charge is 2.30. The molecule has 0 aliphatic rings. The summed E-state index contributed by atoms with van der Waals surface area (Å²) in [6.07, 6.45) is 1.16. The van der Waals surface area contributed by atoms with Gasteiger partial charge in [0, 0.05) is 19.9 Å². The van der Waals surface area contributed by atoms with Gasteiger partial charge in [-0.1, -0.05) is 0 Å². The molecule has 0 aliphatic carbocycles. The Kier molecular flexibility index (Phi) is 6.66. The highest BCUT2D eigenvalue weighted by Crippen LogP contribution is 2.16. The van der Waals surface area contributed by atoms with Crippen molar-refractivity contribution < 1.29 is 27.1 Å². The van der Waals surface area contributed by atoms with E-state index in [-0.39, 0.29) is 19.8 Å². The maximum Gasteiger partial charge on any atom is 0.321 e. The average molecular weight is 320 g/mol. The fraction of sp³-hybridized carbons (Fsp3) is 0.500. The van der Waals surface area contributed by atoms with Crippen molar-refractivity contribution in [3.05, 3.63) is 24.1 Å². The Morgan fingerprint density at radius 3 is 2.76 bits per heavy atom. The summed E-state index contributed by atoms with van der Waals surface area (Å²) in [6.45, 7) is 1.12. The Hall–Kier alpha value is -1.58. The van der Waals surface area contributed by atoms with Crippen LogP contribution in [0.5, 0.6) is 0 Å². The van der Waals surface area contributed by atoms with Crippen molar-refractivity contribution in [3.8, 4) is 0 Å². The van der Waals surface area contributed by atoms with Crippen molar-refractivity contribution in [2.24, 2.45) is 0 Å². The number of nitrogens with zero attached hydrogens (tertiary/aromatic N) is 2. The van der Waals surface area contributed by atoms with Gasteiger partial charge in [-0.3, -0.25) is 4.79 Å². The zero-order valence-corrected chi connectivity index (χ0v) is 12.6. The normalized spacial score (nSPS) is 11.6. The molecule has 7 nitrogen and oxygen atoms in total. The Morgan fingerprint density at radius 2 is 2.19 bits per heavy atom. The number of rotatable bonds is 8. The molecule has 0 radical (unpaired) electrons. The Bertz CT molecular complexity index is 579. The molecular weight excluding hydrogens is 303 g/mol. The molecule has 21 heavy (non-hydrogen) atoms.